The molecule has 146 valence electrons. The van der Waals surface area contributed by atoms with Crippen LogP contribution in [-0.2, 0) is 6.54 Å². The van der Waals surface area contributed by atoms with E-state index in [9.17, 15) is 4.79 Å². The molecule has 4 nitrogen and oxygen atoms in total. The number of amides is 1. The maximum atomic E-state index is 13.0. The predicted molar refractivity (Wildman–Crippen MR) is 116 cm³/mol. The first kappa shape index (κ1) is 19.1. The second-order valence-electron chi connectivity index (χ2n) is 7.83. The summed E-state index contributed by atoms with van der Waals surface area (Å²) in [4.78, 5) is 22.8. The average molecular weight is 394 g/mol. The van der Waals surface area contributed by atoms with Crippen LogP contribution in [0.4, 0.5) is 0 Å². The minimum absolute atomic E-state index is 0.145. The summed E-state index contributed by atoms with van der Waals surface area (Å²) in [6.45, 7) is 10.5. The average Bonchev–Trinajstić information content (AvgIpc) is 3.10. The second-order valence-corrected chi connectivity index (χ2v) is 8.86. The molecule has 0 aliphatic carbocycles. The van der Waals surface area contributed by atoms with E-state index in [0.29, 0.717) is 5.92 Å². The fourth-order valence-electron chi connectivity index (χ4n) is 3.79. The molecule has 5 heteroatoms. The summed E-state index contributed by atoms with van der Waals surface area (Å²) >= 11 is 1.56. The van der Waals surface area contributed by atoms with Crippen LogP contribution >= 0.6 is 11.3 Å². The van der Waals surface area contributed by atoms with E-state index in [0.717, 1.165) is 48.3 Å². The van der Waals surface area contributed by atoms with Crippen LogP contribution in [0.3, 0.4) is 0 Å². The molecule has 0 saturated carbocycles. The zero-order chi connectivity index (χ0) is 19.7. The largest absolute Gasteiger partial charge is 0.335 e. The highest BCUT2D eigenvalue weighted by molar-refractivity contribution is 7.13. The van der Waals surface area contributed by atoms with Crippen molar-refractivity contribution in [1.82, 2.24) is 14.8 Å². The number of aromatic nitrogens is 1. The van der Waals surface area contributed by atoms with Gasteiger partial charge in [-0.15, -0.1) is 11.3 Å². The summed E-state index contributed by atoms with van der Waals surface area (Å²) in [5.74, 6) is 0.509. The maximum absolute atomic E-state index is 13.0. The summed E-state index contributed by atoms with van der Waals surface area (Å²) < 4.78 is 0. The van der Waals surface area contributed by atoms with Gasteiger partial charge in [0.1, 0.15) is 4.88 Å². The molecule has 0 N–H and O–H groups in total. The van der Waals surface area contributed by atoms with Crippen molar-refractivity contribution in [3.05, 3.63) is 63.6 Å². The summed E-state index contributed by atoms with van der Waals surface area (Å²) in [6.07, 6.45) is 0. The fraction of sp³-hybridized carbons (Fsp3) is 0.391. The van der Waals surface area contributed by atoms with Crippen molar-refractivity contribution in [3.8, 4) is 0 Å². The molecule has 28 heavy (non-hydrogen) atoms. The Morgan fingerprint density at radius 1 is 1.07 bits per heavy atom. The molecule has 1 aromatic heterocycles. The SMILES string of the molecule is Cc1nc(C(C)C)sc1C(=O)N1CCN(Cc2cccc3ccccc23)CC1. The summed E-state index contributed by atoms with van der Waals surface area (Å²) in [7, 11) is 0. The minimum atomic E-state index is 0.145. The Balaban J connectivity index is 1.41. The highest BCUT2D eigenvalue weighted by atomic mass is 32.1. The second kappa shape index (κ2) is 8.02. The Morgan fingerprint density at radius 2 is 1.79 bits per heavy atom. The third kappa shape index (κ3) is 3.82. The number of fused-ring (bicyclic) bond motifs is 1. The summed E-state index contributed by atoms with van der Waals surface area (Å²) in [5, 5.41) is 3.66. The van der Waals surface area contributed by atoms with E-state index in [-0.39, 0.29) is 5.91 Å². The van der Waals surface area contributed by atoms with Crippen LogP contribution in [0.15, 0.2) is 42.5 Å². The number of carbonyl (C=O) groups is 1. The Bertz CT molecular complexity index is 981. The van der Waals surface area contributed by atoms with Gasteiger partial charge in [-0.3, -0.25) is 9.69 Å². The quantitative estimate of drug-likeness (QED) is 0.645. The number of hydrogen-bond acceptors (Lipinski definition) is 4. The number of thiazole rings is 1. The first-order chi connectivity index (χ1) is 13.5. The van der Waals surface area contributed by atoms with Crippen LogP contribution in [-0.4, -0.2) is 46.9 Å². The van der Waals surface area contributed by atoms with Crippen molar-refractivity contribution in [2.24, 2.45) is 0 Å². The Kier molecular flexibility index (Phi) is 5.47. The highest BCUT2D eigenvalue weighted by Crippen LogP contribution is 2.26. The Labute approximate surface area is 170 Å². The van der Waals surface area contributed by atoms with Crippen molar-refractivity contribution in [2.45, 2.75) is 33.2 Å². The molecule has 4 rings (SSSR count). The van der Waals surface area contributed by atoms with Gasteiger partial charge in [0.15, 0.2) is 0 Å². The van der Waals surface area contributed by atoms with Crippen LogP contribution in [0.25, 0.3) is 10.8 Å². The molecule has 0 radical (unpaired) electrons. The molecule has 1 amide bonds. The van der Waals surface area contributed by atoms with Gasteiger partial charge in [0, 0.05) is 38.6 Å². The normalized spacial score (nSPS) is 15.5. The fourth-order valence-corrected chi connectivity index (χ4v) is 4.82. The third-order valence-corrected chi connectivity index (χ3v) is 6.88. The minimum Gasteiger partial charge on any atom is -0.335 e. The lowest BCUT2D eigenvalue weighted by Crippen LogP contribution is -2.48. The van der Waals surface area contributed by atoms with Crippen molar-refractivity contribution < 1.29 is 4.79 Å². The number of benzene rings is 2. The van der Waals surface area contributed by atoms with E-state index >= 15 is 0 Å². The molecule has 1 fully saturated rings. The molecule has 1 aliphatic heterocycles. The van der Waals surface area contributed by atoms with Crippen LogP contribution in [0.5, 0.6) is 0 Å². The van der Waals surface area contributed by atoms with Crippen molar-refractivity contribution in [1.29, 1.82) is 0 Å². The summed E-state index contributed by atoms with van der Waals surface area (Å²) in [5.41, 5.74) is 2.23. The smallest absolute Gasteiger partial charge is 0.265 e. The van der Waals surface area contributed by atoms with Gasteiger partial charge in [0.25, 0.3) is 5.91 Å². The lowest BCUT2D eigenvalue weighted by molar-refractivity contribution is 0.0633. The van der Waals surface area contributed by atoms with E-state index in [1.54, 1.807) is 11.3 Å². The summed E-state index contributed by atoms with van der Waals surface area (Å²) in [6, 6.07) is 15.1. The van der Waals surface area contributed by atoms with Crippen LogP contribution < -0.4 is 0 Å². The maximum Gasteiger partial charge on any atom is 0.265 e. The molecular weight excluding hydrogens is 366 g/mol. The van der Waals surface area contributed by atoms with Gasteiger partial charge in [0.2, 0.25) is 0 Å². The zero-order valence-electron chi connectivity index (χ0n) is 16.8. The topological polar surface area (TPSA) is 36.4 Å². The molecular formula is C23H27N3OS. The standard InChI is InChI=1S/C23H27N3OS/c1-16(2)22-24-17(3)21(28-22)23(27)26-13-11-25(12-14-26)15-19-9-6-8-18-7-4-5-10-20(18)19/h4-10,16H,11-15H2,1-3H3. The van der Waals surface area contributed by atoms with Gasteiger partial charge in [0.05, 0.1) is 10.7 Å². The lowest BCUT2D eigenvalue weighted by Gasteiger charge is -2.34. The first-order valence-corrected chi connectivity index (χ1v) is 10.8. The number of rotatable bonds is 4. The van der Waals surface area contributed by atoms with E-state index in [4.69, 9.17) is 0 Å². The van der Waals surface area contributed by atoms with Gasteiger partial charge in [-0.1, -0.05) is 56.3 Å². The zero-order valence-corrected chi connectivity index (χ0v) is 17.6. The highest BCUT2D eigenvalue weighted by Gasteiger charge is 2.26. The van der Waals surface area contributed by atoms with Crippen LogP contribution in [0.1, 0.15) is 45.7 Å². The first-order valence-electron chi connectivity index (χ1n) is 9.98. The molecule has 1 aliphatic rings. The number of hydrogen-bond donors (Lipinski definition) is 0. The van der Waals surface area contributed by atoms with Gasteiger partial charge in [-0.2, -0.15) is 0 Å². The van der Waals surface area contributed by atoms with Crippen molar-refractivity contribution in [3.63, 3.8) is 0 Å². The third-order valence-electron chi connectivity index (χ3n) is 5.43. The van der Waals surface area contributed by atoms with Crippen molar-refractivity contribution >= 4 is 28.0 Å². The Morgan fingerprint density at radius 3 is 2.50 bits per heavy atom. The van der Waals surface area contributed by atoms with Crippen LogP contribution in [0, 0.1) is 6.92 Å². The number of piperazine rings is 1. The van der Waals surface area contributed by atoms with Gasteiger partial charge in [-0.25, -0.2) is 4.98 Å². The van der Waals surface area contributed by atoms with Crippen LogP contribution in [0.2, 0.25) is 0 Å². The van der Waals surface area contributed by atoms with Crippen molar-refractivity contribution in [2.75, 3.05) is 26.2 Å². The number of carbonyl (C=O) groups excluding carboxylic acids is 1. The van der Waals surface area contributed by atoms with E-state index < -0.39 is 0 Å². The predicted octanol–water partition coefficient (Wildman–Crippen LogP) is 4.69. The van der Waals surface area contributed by atoms with Gasteiger partial charge < -0.3 is 4.90 Å². The molecule has 0 bridgehead atoms. The monoisotopic (exact) mass is 393 g/mol. The number of aryl methyl sites for hydroxylation is 1. The Hall–Kier alpha value is -2.24. The van der Waals surface area contributed by atoms with E-state index in [1.807, 2.05) is 11.8 Å². The van der Waals surface area contributed by atoms with E-state index in [2.05, 4.69) is 66.2 Å². The molecule has 0 atom stereocenters. The van der Waals surface area contributed by atoms with E-state index in [1.165, 1.54) is 16.3 Å². The molecule has 1 saturated heterocycles. The lowest BCUT2D eigenvalue weighted by atomic mass is 10.0. The molecule has 2 aromatic carbocycles. The molecule has 0 unspecified atom stereocenters. The number of nitrogens with zero attached hydrogens (tertiary/aromatic N) is 3. The van der Waals surface area contributed by atoms with Gasteiger partial charge >= 0.3 is 0 Å². The molecule has 3 aromatic rings. The van der Waals surface area contributed by atoms with Gasteiger partial charge in [-0.05, 0) is 23.3 Å². The molecule has 2 heterocycles. The molecule has 0 spiro atoms.